The highest BCUT2D eigenvalue weighted by molar-refractivity contribution is 7.16. The number of ether oxygens (including phenoxy) is 1. The van der Waals surface area contributed by atoms with Crippen molar-refractivity contribution in [1.29, 1.82) is 0 Å². The standard InChI is InChI=1S/C19H18N4O2S/c1-2-24-19-22-17(8-6-14-4-3-9-25-14)21-18(23-19)11-13-5-7-15-16(10-13)26-12-20-15/h3-5,7,9-10,12H,2,6,8,11H2,1H3. The van der Waals surface area contributed by atoms with E-state index in [0.717, 1.165) is 23.3 Å². The number of benzene rings is 1. The maximum atomic E-state index is 5.53. The number of thiazole rings is 1. The summed E-state index contributed by atoms with van der Waals surface area (Å²) in [5.41, 5.74) is 4.02. The van der Waals surface area contributed by atoms with Crippen LogP contribution in [-0.2, 0) is 19.3 Å². The van der Waals surface area contributed by atoms with Gasteiger partial charge in [0.25, 0.3) is 0 Å². The second-order valence-corrected chi connectivity index (χ2v) is 6.68. The molecule has 0 radical (unpaired) electrons. The van der Waals surface area contributed by atoms with E-state index >= 15 is 0 Å². The van der Waals surface area contributed by atoms with Gasteiger partial charge in [0.05, 0.1) is 28.6 Å². The van der Waals surface area contributed by atoms with Gasteiger partial charge in [-0.05, 0) is 36.8 Å². The Morgan fingerprint density at radius 3 is 2.85 bits per heavy atom. The van der Waals surface area contributed by atoms with Crippen LogP contribution in [0, 0.1) is 0 Å². The molecular weight excluding hydrogens is 348 g/mol. The molecule has 1 aromatic carbocycles. The molecule has 0 amide bonds. The molecule has 26 heavy (non-hydrogen) atoms. The van der Waals surface area contributed by atoms with Gasteiger partial charge in [0.2, 0.25) is 0 Å². The number of fused-ring (bicyclic) bond motifs is 1. The predicted octanol–water partition coefficient (Wildman–Crippen LogP) is 3.85. The molecule has 0 saturated carbocycles. The predicted molar refractivity (Wildman–Crippen MR) is 99.5 cm³/mol. The van der Waals surface area contributed by atoms with Crippen LogP contribution < -0.4 is 4.74 Å². The number of furan rings is 1. The molecule has 6 nitrogen and oxygen atoms in total. The van der Waals surface area contributed by atoms with Gasteiger partial charge in [-0.1, -0.05) is 6.07 Å². The van der Waals surface area contributed by atoms with E-state index < -0.39 is 0 Å². The monoisotopic (exact) mass is 366 g/mol. The summed E-state index contributed by atoms with van der Waals surface area (Å²) < 4.78 is 12.1. The zero-order valence-corrected chi connectivity index (χ0v) is 15.2. The van der Waals surface area contributed by atoms with Crippen LogP contribution >= 0.6 is 11.3 Å². The highest BCUT2D eigenvalue weighted by atomic mass is 32.1. The molecule has 0 N–H and O–H groups in total. The molecule has 0 fully saturated rings. The molecule has 3 heterocycles. The molecule has 0 aliphatic heterocycles. The van der Waals surface area contributed by atoms with Crippen LogP contribution in [0.3, 0.4) is 0 Å². The minimum absolute atomic E-state index is 0.380. The lowest BCUT2D eigenvalue weighted by Crippen LogP contribution is -2.08. The molecule has 0 saturated heterocycles. The first-order valence-electron chi connectivity index (χ1n) is 8.51. The minimum atomic E-state index is 0.380. The molecule has 0 bridgehead atoms. The number of nitrogens with zero attached hydrogens (tertiary/aromatic N) is 4. The van der Waals surface area contributed by atoms with Crippen molar-refractivity contribution in [2.24, 2.45) is 0 Å². The SMILES string of the molecule is CCOc1nc(CCc2ccco2)nc(Cc2ccc3ncsc3c2)n1. The number of hydrogen-bond donors (Lipinski definition) is 0. The molecule has 132 valence electrons. The van der Waals surface area contributed by atoms with Crippen molar-refractivity contribution < 1.29 is 9.15 Å². The van der Waals surface area contributed by atoms with Crippen molar-refractivity contribution in [1.82, 2.24) is 19.9 Å². The van der Waals surface area contributed by atoms with E-state index in [-0.39, 0.29) is 0 Å². The van der Waals surface area contributed by atoms with Crippen LogP contribution in [0.15, 0.2) is 46.5 Å². The van der Waals surface area contributed by atoms with Crippen LogP contribution in [0.25, 0.3) is 10.2 Å². The summed E-state index contributed by atoms with van der Waals surface area (Å²) in [4.78, 5) is 17.8. The summed E-state index contributed by atoms with van der Waals surface area (Å²) in [6.45, 7) is 2.44. The maximum Gasteiger partial charge on any atom is 0.319 e. The molecule has 0 aliphatic carbocycles. The zero-order chi connectivity index (χ0) is 17.8. The molecule has 7 heteroatoms. The Labute approximate surface area is 154 Å². The lowest BCUT2D eigenvalue weighted by Gasteiger charge is -2.07. The number of aromatic nitrogens is 4. The topological polar surface area (TPSA) is 73.9 Å². The molecule has 4 aromatic rings. The first-order chi connectivity index (χ1) is 12.8. The van der Waals surface area contributed by atoms with Gasteiger partial charge < -0.3 is 9.15 Å². The van der Waals surface area contributed by atoms with Crippen LogP contribution in [0.2, 0.25) is 0 Å². The third-order valence-corrected chi connectivity index (χ3v) is 4.71. The summed E-state index contributed by atoms with van der Waals surface area (Å²) in [7, 11) is 0. The van der Waals surface area contributed by atoms with Crippen molar-refractivity contribution in [2.75, 3.05) is 6.61 Å². The Hall–Kier alpha value is -2.80. The van der Waals surface area contributed by atoms with E-state index in [1.54, 1.807) is 17.6 Å². The van der Waals surface area contributed by atoms with Crippen molar-refractivity contribution >= 4 is 21.6 Å². The summed E-state index contributed by atoms with van der Waals surface area (Å²) in [5, 5.41) is 0. The summed E-state index contributed by atoms with van der Waals surface area (Å²) in [6, 6.07) is 10.5. The van der Waals surface area contributed by atoms with Gasteiger partial charge in [0.1, 0.15) is 17.4 Å². The van der Waals surface area contributed by atoms with E-state index in [9.17, 15) is 0 Å². The maximum absolute atomic E-state index is 5.53. The zero-order valence-electron chi connectivity index (χ0n) is 14.4. The Kier molecular flexibility index (Phi) is 4.88. The fourth-order valence-corrected chi connectivity index (χ4v) is 3.45. The van der Waals surface area contributed by atoms with E-state index in [4.69, 9.17) is 9.15 Å². The quantitative estimate of drug-likeness (QED) is 0.495. The fraction of sp³-hybridized carbons (Fsp3) is 0.263. The van der Waals surface area contributed by atoms with E-state index in [1.807, 2.05) is 30.6 Å². The normalized spacial score (nSPS) is 11.1. The van der Waals surface area contributed by atoms with Crippen LogP contribution in [-0.4, -0.2) is 26.5 Å². The van der Waals surface area contributed by atoms with Crippen LogP contribution in [0.4, 0.5) is 0 Å². The third-order valence-electron chi connectivity index (χ3n) is 3.91. The molecule has 0 aliphatic rings. The number of hydrogen-bond acceptors (Lipinski definition) is 7. The highest BCUT2D eigenvalue weighted by Crippen LogP contribution is 2.20. The lowest BCUT2D eigenvalue weighted by molar-refractivity contribution is 0.308. The van der Waals surface area contributed by atoms with Gasteiger partial charge in [0, 0.05) is 19.3 Å². The van der Waals surface area contributed by atoms with Gasteiger partial charge in [0.15, 0.2) is 0 Å². The second-order valence-electron chi connectivity index (χ2n) is 5.79. The van der Waals surface area contributed by atoms with Gasteiger partial charge in [-0.2, -0.15) is 9.97 Å². The fourth-order valence-electron chi connectivity index (χ4n) is 2.71. The Balaban J connectivity index is 1.56. The van der Waals surface area contributed by atoms with E-state index in [2.05, 4.69) is 32.1 Å². The Morgan fingerprint density at radius 2 is 2.00 bits per heavy atom. The average Bonchev–Trinajstić information content (AvgIpc) is 3.31. The van der Waals surface area contributed by atoms with Crippen molar-refractivity contribution in [3.63, 3.8) is 0 Å². The molecule has 0 unspecified atom stereocenters. The second kappa shape index (κ2) is 7.61. The Bertz CT molecular complexity index is 998. The van der Waals surface area contributed by atoms with Crippen molar-refractivity contribution in [3.8, 4) is 6.01 Å². The van der Waals surface area contributed by atoms with Crippen molar-refractivity contribution in [3.05, 3.63) is 65.1 Å². The number of aryl methyl sites for hydroxylation is 2. The molecule has 3 aromatic heterocycles. The first kappa shape index (κ1) is 16.7. The Morgan fingerprint density at radius 1 is 1.08 bits per heavy atom. The number of rotatable bonds is 7. The van der Waals surface area contributed by atoms with E-state index in [1.165, 1.54) is 4.70 Å². The first-order valence-corrected chi connectivity index (χ1v) is 9.39. The summed E-state index contributed by atoms with van der Waals surface area (Å²) in [5.74, 6) is 2.34. The van der Waals surface area contributed by atoms with Gasteiger partial charge in [-0.3, -0.25) is 0 Å². The van der Waals surface area contributed by atoms with Crippen molar-refractivity contribution in [2.45, 2.75) is 26.2 Å². The molecular formula is C19H18N4O2S. The third kappa shape index (κ3) is 3.88. The molecule has 0 spiro atoms. The summed E-state index contributed by atoms with van der Waals surface area (Å²) in [6.07, 6.45) is 3.73. The van der Waals surface area contributed by atoms with Gasteiger partial charge >= 0.3 is 6.01 Å². The van der Waals surface area contributed by atoms with Gasteiger partial charge in [-0.15, -0.1) is 11.3 Å². The van der Waals surface area contributed by atoms with Crippen LogP contribution in [0.1, 0.15) is 29.9 Å². The minimum Gasteiger partial charge on any atom is -0.469 e. The smallest absolute Gasteiger partial charge is 0.319 e. The van der Waals surface area contributed by atoms with E-state index in [0.29, 0.717) is 37.1 Å². The molecule has 4 rings (SSSR count). The summed E-state index contributed by atoms with van der Waals surface area (Å²) >= 11 is 1.63. The van der Waals surface area contributed by atoms with Gasteiger partial charge in [-0.25, -0.2) is 9.97 Å². The highest BCUT2D eigenvalue weighted by Gasteiger charge is 2.10. The lowest BCUT2D eigenvalue weighted by atomic mass is 10.1. The van der Waals surface area contributed by atoms with Crippen LogP contribution in [0.5, 0.6) is 6.01 Å². The largest absolute Gasteiger partial charge is 0.469 e. The average molecular weight is 366 g/mol. The molecule has 0 atom stereocenters.